The molecule has 0 spiro atoms. The van der Waals surface area contributed by atoms with Crippen LogP contribution in [0.3, 0.4) is 0 Å². The van der Waals surface area contributed by atoms with Crippen LogP contribution in [0.25, 0.3) is 6.08 Å². The van der Waals surface area contributed by atoms with Crippen molar-refractivity contribution in [1.29, 1.82) is 0 Å². The number of hydrogen-bond donors (Lipinski definition) is 1. The Bertz CT molecular complexity index is 383. The predicted molar refractivity (Wildman–Crippen MR) is 83.6 cm³/mol. The van der Waals surface area contributed by atoms with Crippen molar-refractivity contribution >= 4 is 6.08 Å². The largest absolute Gasteiger partial charge is 0.490 e. The van der Waals surface area contributed by atoms with E-state index < -0.39 is 0 Å². The molecule has 106 valence electrons. The highest BCUT2D eigenvalue weighted by Gasteiger charge is 2.01. The molecule has 0 aliphatic heterocycles. The molecule has 0 aromatic heterocycles. The zero-order chi connectivity index (χ0) is 14.1. The fourth-order valence-electron chi connectivity index (χ4n) is 1.77. The van der Waals surface area contributed by atoms with Gasteiger partial charge in [0.15, 0.2) is 0 Å². The van der Waals surface area contributed by atoms with E-state index in [1.54, 1.807) is 0 Å². The van der Waals surface area contributed by atoms with Crippen LogP contribution in [0.1, 0.15) is 39.7 Å². The average Bonchev–Trinajstić information content (AvgIpc) is 2.34. The van der Waals surface area contributed by atoms with Crippen molar-refractivity contribution in [2.45, 2.75) is 40.2 Å². The number of ether oxygens (including phenoxy) is 1. The van der Waals surface area contributed by atoms with E-state index in [4.69, 9.17) is 4.74 Å². The number of nitrogens with one attached hydrogen (secondary N) is 1. The van der Waals surface area contributed by atoms with Crippen LogP contribution >= 0.6 is 0 Å². The standard InChI is InChI=1S/C17H27NO/c1-14(2)13-18-12-8-7-10-16-9-5-6-11-17(16)19-15(3)4/h5-7,9-11,14-15,18H,8,12-13H2,1-4H3. The first-order valence-corrected chi connectivity index (χ1v) is 7.22. The molecule has 0 fully saturated rings. The summed E-state index contributed by atoms with van der Waals surface area (Å²) in [6.45, 7) is 10.7. The Balaban J connectivity index is 2.43. The second kappa shape index (κ2) is 8.76. The lowest BCUT2D eigenvalue weighted by atomic mass is 10.1. The first kappa shape index (κ1) is 15.8. The molecule has 1 aromatic carbocycles. The van der Waals surface area contributed by atoms with Gasteiger partial charge in [-0.15, -0.1) is 0 Å². The van der Waals surface area contributed by atoms with Crippen LogP contribution in [-0.2, 0) is 0 Å². The summed E-state index contributed by atoms with van der Waals surface area (Å²) in [6, 6.07) is 8.18. The van der Waals surface area contributed by atoms with Gasteiger partial charge in [-0.25, -0.2) is 0 Å². The lowest BCUT2D eigenvalue weighted by Crippen LogP contribution is -2.20. The summed E-state index contributed by atoms with van der Waals surface area (Å²) in [5.41, 5.74) is 1.15. The zero-order valence-electron chi connectivity index (χ0n) is 12.6. The van der Waals surface area contributed by atoms with Gasteiger partial charge in [0.05, 0.1) is 6.10 Å². The van der Waals surface area contributed by atoms with Crippen molar-refractivity contribution < 1.29 is 4.74 Å². The summed E-state index contributed by atoms with van der Waals surface area (Å²) < 4.78 is 5.79. The molecule has 0 aliphatic carbocycles. The second-order valence-corrected chi connectivity index (χ2v) is 5.49. The van der Waals surface area contributed by atoms with E-state index in [1.165, 1.54) is 0 Å². The average molecular weight is 261 g/mol. The molecule has 0 aliphatic rings. The SMILES string of the molecule is CC(C)CNCCC=Cc1ccccc1OC(C)C. The summed E-state index contributed by atoms with van der Waals surface area (Å²) in [6.07, 6.45) is 5.61. The first-order valence-electron chi connectivity index (χ1n) is 7.22. The fraction of sp³-hybridized carbons (Fsp3) is 0.529. The van der Waals surface area contributed by atoms with Crippen molar-refractivity contribution in [2.24, 2.45) is 5.92 Å². The Morgan fingerprint density at radius 2 is 1.89 bits per heavy atom. The van der Waals surface area contributed by atoms with Crippen LogP contribution < -0.4 is 10.1 Å². The molecule has 1 N–H and O–H groups in total. The molecule has 2 nitrogen and oxygen atoms in total. The Hall–Kier alpha value is -1.28. The van der Waals surface area contributed by atoms with Crippen molar-refractivity contribution in [3.8, 4) is 5.75 Å². The maximum absolute atomic E-state index is 5.79. The van der Waals surface area contributed by atoms with Gasteiger partial charge in [0.2, 0.25) is 0 Å². The third-order valence-electron chi connectivity index (χ3n) is 2.62. The Morgan fingerprint density at radius 1 is 1.16 bits per heavy atom. The molecule has 0 saturated heterocycles. The molecular weight excluding hydrogens is 234 g/mol. The van der Waals surface area contributed by atoms with Crippen LogP contribution in [0.4, 0.5) is 0 Å². The monoisotopic (exact) mass is 261 g/mol. The summed E-state index contributed by atoms with van der Waals surface area (Å²) >= 11 is 0. The van der Waals surface area contributed by atoms with Crippen LogP contribution in [-0.4, -0.2) is 19.2 Å². The van der Waals surface area contributed by atoms with E-state index in [-0.39, 0.29) is 6.10 Å². The topological polar surface area (TPSA) is 21.3 Å². The van der Waals surface area contributed by atoms with Crippen LogP contribution in [0.5, 0.6) is 5.75 Å². The molecule has 0 saturated carbocycles. The van der Waals surface area contributed by atoms with Gasteiger partial charge >= 0.3 is 0 Å². The highest BCUT2D eigenvalue weighted by atomic mass is 16.5. The number of rotatable bonds is 8. The molecule has 0 unspecified atom stereocenters. The lowest BCUT2D eigenvalue weighted by molar-refractivity contribution is 0.242. The third kappa shape index (κ3) is 7.02. The predicted octanol–water partition coefficient (Wildman–Crippen LogP) is 4.12. The summed E-state index contributed by atoms with van der Waals surface area (Å²) in [7, 11) is 0. The Kier molecular flexibility index (Phi) is 7.27. The summed E-state index contributed by atoms with van der Waals surface area (Å²) in [5, 5.41) is 3.44. The zero-order valence-corrected chi connectivity index (χ0v) is 12.6. The quantitative estimate of drug-likeness (QED) is 0.711. The highest BCUT2D eigenvalue weighted by Crippen LogP contribution is 2.20. The van der Waals surface area contributed by atoms with Gasteiger partial charge in [0.1, 0.15) is 5.75 Å². The molecule has 0 amide bonds. The van der Waals surface area contributed by atoms with Crippen LogP contribution in [0, 0.1) is 5.92 Å². The van der Waals surface area contributed by atoms with Crippen molar-refractivity contribution in [3.63, 3.8) is 0 Å². The van der Waals surface area contributed by atoms with Gasteiger partial charge in [-0.3, -0.25) is 0 Å². The summed E-state index contributed by atoms with van der Waals surface area (Å²) in [4.78, 5) is 0. The Labute approximate surface area is 117 Å². The normalized spacial score (nSPS) is 11.7. The molecular formula is C17H27NO. The maximum atomic E-state index is 5.79. The van der Waals surface area contributed by atoms with Gasteiger partial charge in [-0.2, -0.15) is 0 Å². The molecule has 0 bridgehead atoms. The molecule has 0 radical (unpaired) electrons. The minimum absolute atomic E-state index is 0.210. The van der Waals surface area contributed by atoms with Crippen LogP contribution in [0.2, 0.25) is 0 Å². The van der Waals surface area contributed by atoms with E-state index >= 15 is 0 Å². The molecule has 0 heterocycles. The van der Waals surface area contributed by atoms with Crippen molar-refractivity contribution in [3.05, 3.63) is 35.9 Å². The second-order valence-electron chi connectivity index (χ2n) is 5.49. The lowest BCUT2D eigenvalue weighted by Gasteiger charge is -2.12. The van der Waals surface area contributed by atoms with E-state index in [1.807, 2.05) is 18.2 Å². The minimum Gasteiger partial charge on any atom is -0.490 e. The fourth-order valence-corrected chi connectivity index (χ4v) is 1.77. The van der Waals surface area contributed by atoms with E-state index in [0.717, 1.165) is 30.8 Å². The summed E-state index contributed by atoms with van der Waals surface area (Å²) in [5.74, 6) is 1.67. The van der Waals surface area contributed by atoms with Crippen molar-refractivity contribution in [2.75, 3.05) is 13.1 Å². The van der Waals surface area contributed by atoms with Gasteiger partial charge in [-0.05, 0) is 45.3 Å². The molecule has 0 atom stereocenters. The maximum Gasteiger partial charge on any atom is 0.126 e. The van der Waals surface area contributed by atoms with Crippen molar-refractivity contribution in [1.82, 2.24) is 5.32 Å². The van der Waals surface area contributed by atoms with Gasteiger partial charge in [0.25, 0.3) is 0 Å². The van der Waals surface area contributed by atoms with Gasteiger partial charge in [-0.1, -0.05) is 44.2 Å². The third-order valence-corrected chi connectivity index (χ3v) is 2.62. The van der Waals surface area contributed by atoms with Crippen LogP contribution in [0.15, 0.2) is 30.3 Å². The molecule has 19 heavy (non-hydrogen) atoms. The van der Waals surface area contributed by atoms with E-state index in [9.17, 15) is 0 Å². The molecule has 1 rings (SSSR count). The Morgan fingerprint density at radius 3 is 2.58 bits per heavy atom. The number of benzene rings is 1. The van der Waals surface area contributed by atoms with E-state index in [0.29, 0.717) is 5.92 Å². The smallest absolute Gasteiger partial charge is 0.126 e. The van der Waals surface area contributed by atoms with Gasteiger partial charge in [0, 0.05) is 5.56 Å². The number of hydrogen-bond acceptors (Lipinski definition) is 2. The first-order chi connectivity index (χ1) is 9.09. The van der Waals surface area contributed by atoms with Gasteiger partial charge < -0.3 is 10.1 Å². The minimum atomic E-state index is 0.210. The highest BCUT2D eigenvalue weighted by molar-refractivity contribution is 5.57. The molecule has 1 aromatic rings. The molecule has 2 heteroatoms. The van der Waals surface area contributed by atoms with E-state index in [2.05, 4.69) is 51.2 Å². The number of para-hydroxylation sites is 1.